The van der Waals surface area contributed by atoms with E-state index in [0.29, 0.717) is 16.5 Å². The molecule has 0 bridgehead atoms. The summed E-state index contributed by atoms with van der Waals surface area (Å²) in [5.74, 6) is 0.526. The number of amides is 2. The molecule has 0 radical (unpaired) electrons. The first-order chi connectivity index (χ1) is 15.1. The van der Waals surface area contributed by atoms with Gasteiger partial charge in [0.25, 0.3) is 5.91 Å². The van der Waals surface area contributed by atoms with Gasteiger partial charge in [0.1, 0.15) is 11.4 Å². The molecule has 1 aromatic carbocycles. The van der Waals surface area contributed by atoms with Crippen LogP contribution in [0.4, 0.5) is 5.69 Å². The van der Waals surface area contributed by atoms with Crippen LogP contribution in [0.3, 0.4) is 0 Å². The van der Waals surface area contributed by atoms with Gasteiger partial charge in [0.2, 0.25) is 5.91 Å². The Bertz CT molecular complexity index is 1140. The summed E-state index contributed by atoms with van der Waals surface area (Å²) in [4.78, 5) is 33.0. The number of nitrogens with zero attached hydrogens (tertiary/aromatic N) is 4. The summed E-state index contributed by atoms with van der Waals surface area (Å²) in [6.07, 6.45) is 8.56. The lowest BCUT2D eigenvalue weighted by Gasteiger charge is -2.08. The first-order valence-electron chi connectivity index (χ1n) is 10.4. The molecule has 1 fully saturated rings. The summed E-state index contributed by atoms with van der Waals surface area (Å²) in [6, 6.07) is 9.83. The van der Waals surface area contributed by atoms with Gasteiger partial charge in [-0.15, -0.1) is 0 Å². The highest BCUT2D eigenvalue weighted by molar-refractivity contribution is 7.99. The number of aryl methyl sites for hydroxylation is 2. The van der Waals surface area contributed by atoms with Gasteiger partial charge in [0.05, 0.1) is 5.75 Å². The van der Waals surface area contributed by atoms with Crippen molar-refractivity contribution in [1.29, 1.82) is 0 Å². The molecule has 2 amide bonds. The van der Waals surface area contributed by atoms with Gasteiger partial charge in [-0.2, -0.15) is 5.10 Å². The monoisotopic (exact) mass is 434 g/mol. The van der Waals surface area contributed by atoms with Crippen LogP contribution < -0.4 is 10.6 Å². The second-order valence-electron chi connectivity index (χ2n) is 7.78. The number of anilines is 1. The number of carbonyl (C=O) groups excluding carboxylic acids is 2. The lowest BCUT2D eigenvalue weighted by Crippen LogP contribution is -2.25. The fraction of sp³-hybridized carbons (Fsp3) is 0.318. The highest BCUT2D eigenvalue weighted by atomic mass is 32.2. The summed E-state index contributed by atoms with van der Waals surface area (Å²) in [6.45, 7) is 0. The lowest BCUT2D eigenvalue weighted by atomic mass is 10.1. The van der Waals surface area contributed by atoms with Crippen molar-refractivity contribution in [2.75, 3.05) is 11.1 Å². The molecule has 2 aliphatic rings. The summed E-state index contributed by atoms with van der Waals surface area (Å²) in [7, 11) is 0. The number of nitrogens with one attached hydrogen (secondary N) is 2. The van der Waals surface area contributed by atoms with Crippen LogP contribution in [0.25, 0.3) is 5.82 Å². The number of hydrogen-bond acceptors (Lipinski definition) is 6. The number of rotatable bonds is 7. The van der Waals surface area contributed by atoms with Crippen LogP contribution in [0, 0.1) is 0 Å². The molecule has 9 heteroatoms. The third kappa shape index (κ3) is 4.77. The predicted octanol–water partition coefficient (Wildman–Crippen LogP) is 2.77. The number of hydrogen-bond donors (Lipinski definition) is 2. The fourth-order valence-electron chi connectivity index (χ4n) is 3.58. The van der Waals surface area contributed by atoms with Gasteiger partial charge < -0.3 is 10.6 Å². The topological polar surface area (TPSA) is 102 Å². The molecule has 0 saturated heterocycles. The van der Waals surface area contributed by atoms with E-state index < -0.39 is 0 Å². The van der Waals surface area contributed by atoms with Crippen LogP contribution in [0.15, 0.2) is 47.9 Å². The molecular weight excluding hydrogens is 412 g/mol. The first kappa shape index (κ1) is 19.7. The molecule has 2 N–H and O–H groups in total. The Kier molecular flexibility index (Phi) is 5.42. The van der Waals surface area contributed by atoms with Crippen molar-refractivity contribution in [1.82, 2.24) is 25.1 Å². The summed E-state index contributed by atoms with van der Waals surface area (Å²) in [5.41, 5.74) is 3.90. The Labute approximate surface area is 183 Å². The smallest absolute Gasteiger partial charge is 0.272 e. The molecule has 8 nitrogen and oxygen atoms in total. The molecule has 3 aromatic rings. The van der Waals surface area contributed by atoms with Crippen LogP contribution in [-0.4, -0.2) is 43.4 Å². The fourth-order valence-corrected chi connectivity index (χ4v) is 4.24. The minimum absolute atomic E-state index is 0.0822. The Morgan fingerprint density at radius 1 is 1.10 bits per heavy atom. The van der Waals surface area contributed by atoms with Crippen molar-refractivity contribution in [2.24, 2.45) is 0 Å². The highest BCUT2D eigenvalue weighted by Gasteiger charge is 2.24. The molecule has 0 spiro atoms. The van der Waals surface area contributed by atoms with Crippen molar-refractivity contribution in [2.45, 2.75) is 43.2 Å². The Balaban J connectivity index is 1.19. The van der Waals surface area contributed by atoms with E-state index in [-0.39, 0.29) is 23.6 Å². The maximum atomic E-state index is 12.4. The highest BCUT2D eigenvalue weighted by Crippen LogP contribution is 2.25. The number of carbonyl (C=O) groups is 2. The molecule has 0 aliphatic heterocycles. The standard InChI is InChI=1S/C22H22N6O2S/c29-20(25-17-5-4-14-2-1-3-15(14)10-17)12-31-21-11-19(23-13-24-21)28-9-8-18(27-28)22(30)26-16-6-7-16/h4-5,8-11,13,16H,1-3,6-7,12H2,(H,25,29)(H,26,30). The van der Waals surface area contributed by atoms with Crippen molar-refractivity contribution in [3.05, 3.63) is 59.7 Å². The number of fused-ring (bicyclic) bond motifs is 1. The number of thioether (sulfide) groups is 1. The van der Waals surface area contributed by atoms with E-state index in [1.807, 2.05) is 6.07 Å². The van der Waals surface area contributed by atoms with E-state index in [0.717, 1.165) is 31.4 Å². The first-order valence-corrected chi connectivity index (χ1v) is 11.4. The summed E-state index contributed by atoms with van der Waals surface area (Å²) < 4.78 is 1.54. The van der Waals surface area contributed by atoms with E-state index >= 15 is 0 Å². The zero-order valence-corrected chi connectivity index (χ0v) is 17.7. The van der Waals surface area contributed by atoms with Crippen molar-refractivity contribution >= 4 is 29.3 Å². The van der Waals surface area contributed by atoms with E-state index in [4.69, 9.17) is 0 Å². The van der Waals surface area contributed by atoms with E-state index in [2.05, 4.69) is 37.8 Å². The third-order valence-corrected chi connectivity index (χ3v) is 6.26. The van der Waals surface area contributed by atoms with Gasteiger partial charge in [-0.3, -0.25) is 9.59 Å². The van der Waals surface area contributed by atoms with Gasteiger partial charge in [-0.25, -0.2) is 14.6 Å². The molecule has 2 heterocycles. The van der Waals surface area contributed by atoms with Gasteiger partial charge in [-0.1, -0.05) is 17.8 Å². The second-order valence-corrected chi connectivity index (χ2v) is 8.78. The molecular formula is C22H22N6O2S. The van der Waals surface area contributed by atoms with Gasteiger partial charge >= 0.3 is 0 Å². The minimum atomic E-state index is -0.173. The molecule has 0 unspecified atom stereocenters. The van der Waals surface area contributed by atoms with Crippen molar-refractivity contribution in [3.63, 3.8) is 0 Å². The average Bonchev–Trinajstić information content (AvgIpc) is 3.26. The Morgan fingerprint density at radius 2 is 1.97 bits per heavy atom. The largest absolute Gasteiger partial charge is 0.348 e. The predicted molar refractivity (Wildman–Crippen MR) is 117 cm³/mol. The molecule has 1 saturated carbocycles. The normalized spacial score (nSPS) is 14.8. The van der Waals surface area contributed by atoms with Gasteiger partial charge in [-0.05, 0) is 61.4 Å². The molecule has 31 heavy (non-hydrogen) atoms. The molecule has 5 rings (SSSR count). The van der Waals surface area contributed by atoms with Crippen molar-refractivity contribution < 1.29 is 9.59 Å². The van der Waals surface area contributed by atoms with Crippen LogP contribution in [0.2, 0.25) is 0 Å². The maximum Gasteiger partial charge on any atom is 0.272 e. The maximum absolute atomic E-state index is 12.4. The lowest BCUT2D eigenvalue weighted by molar-refractivity contribution is -0.113. The molecule has 2 aliphatic carbocycles. The third-order valence-electron chi connectivity index (χ3n) is 5.33. The van der Waals surface area contributed by atoms with Crippen LogP contribution in [-0.2, 0) is 17.6 Å². The van der Waals surface area contributed by atoms with Gasteiger partial charge in [0.15, 0.2) is 11.5 Å². The summed E-state index contributed by atoms with van der Waals surface area (Å²) >= 11 is 1.33. The molecule has 0 atom stereocenters. The molecule has 2 aromatic heterocycles. The van der Waals surface area contributed by atoms with E-state index in [1.54, 1.807) is 18.3 Å². The average molecular weight is 435 g/mol. The Hall–Kier alpha value is -3.20. The van der Waals surface area contributed by atoms with Crippen LogP contribution in [0.5, 0.6) is 0 Å². The van der Waals surface area contributed by atoms with E-state index in [9.17, 15) is 9.59 Å². The second kappa shape index (κ2) is 8.50. The zero-order valence-electron chi connectivity index (χ0n) is 16.9. The van der Waals surface area contributed by atoms with Crippen LogP contribution >= 0.6 is 11.8 Å². The quantitative estimate of drug-likeness (QED) is 0.438. The zero-order chi connectivity index (χ0) is 21.2. The minimum Gasteiger partial charge on any atom is -0.348 e. The van der Waals surface area contributed by atoms with Crippen LogP contribution in [0.1, 0.15) is 40.9 Å². The SMILES string of the molecule is O=C(CSc1cc(-n2ccc(C(=O)NC3CC3)n2)ncn1)Nc1ccc2c(c1)CCC2. The number of aromatic nitrogens is 4. The number of benzene rings is 1. The van der Waals surface area contributed by atoms with Gasteiger partial charge in [0, 0.05) is 24.0 Å². The molecule has 158 valence electrons. The summed E-state index contributed by atoms with van der Waals surface area (Å²) in [5, 5.41) is 10.8. The van der Waals surface area contributed by atoms with E-state index in [1.165, 1.54) is 40.3 Å². The Morgan fingerprint density at radius 3 is 2.84 bits per heavy atom. The van der Waals surface area contributed by atoms with Crippen molar-refractivity contribution in [3.8, 4) is 5.82 Å².